The van der Waals surface area contributed by atoms with E-state index in [0.29, 0.717) is 0 Å². The molecule has 3 nitrogen and oxygen atoms in total. The molecule has 3 heteroatoms. The van der Waals surface area contributed by atoms with Gasteiger partial charge in [0.05, 0.1) is 0 Å². The van der Waals surface area contributed by atoms with Crippen molar-refractivity contribution in [2.45, 2.75) is 19.3 Å². The number of benzene rings is 7. The zero-order valence-corrected chi connectivity index (χ0v) is 26.7. The SMILES string of the molecule is CC1(C)c2ccccc2-c2ccc(N(c3ccc(-c4ccccc4)cc3)c3ccc4oc5ccc6oc7ccccc7c6c5c4c3)cc21. The van der Waals surface area contributed by atoms with Gasteiger partial charge in [0.2, 0.25) is 0 Å². The molecule has 48 heavy (non-hydrogen) atoms. The lowest BCUT2D eigenvalue weighted by atomic mass is 9.82. The maximum atomic E-state index is 6.45. The summed E-state index contributed by atoms with van der Waals surface area (Å²) in [6.07, 6.45) is 0. The third kappa shape index (κ3) is 3.88. The largest absolute Gasteiger partial charge is 0.456 e. The molecule has 0 fully saturated rings. The molecule has 0 saturated carbocycles. The maximum Gasteiger partial charge on any atom is 0.136 e. The zero-order chi connectivity index (χ0) is 32.0. The van der Waals surface area contributed by atoms with Crippen LogP contribution in [0.2, 0.25) is 0 Å². The van der Waals surface area contributed by atoms with E-state index < -0.39 is 0 Å². The molecule has 0 bridgehead atoms. The van der Waals surface area contributed by atoms with E-state index in [1.54, 1.807) is 0 Å². The highest BCUT2D eigenvalue weighted by Crippen LogP contribution is 2.51. The Bertz CT molecular complexity index is 2690. The first-order valence-electron chi connectivity index (χ1n) is 16.5. The lowest BCUT2D eigenvalue weighted by Crippen LogP contribution is -2.16. The van der Waals surface area contributed by atoms with Crippen LogP contribution < -0.4 is 4.90 Å². The Morgan fingerprint density at radius 1 is 0.417 bits per heavy atom. The summed E-state index contributed by atoms with van der Waals surface area (Å²) in [6.45, 7) is 4.68. The van der Waals surface area contributed by atoms with Crippen LogP contribution in [0.4, 0.5) is 17.1 Å². The Kier molecular flexibility index (Phi) is 5.63. The zero-order valence-electron chi connectivity index (χ0n) is 26.7. The van der Waals surface area contributed by atoms with Crippen molar-refractivity contribution in [3.05, 3.63) is 163 Å². The fraction of sp³-hybridized carbons (Fsp3) is 0.0667. The van der Waals surface area contributed by atoms with Crippen molar-refractivity contribution in [1.29, 1.82) is 0 Å². The molecule has 0 N–H and O–H groups in total. The fourth-order valence-electron chi connectivity index (χ4n) is 7.92. The van der Waals surface area contributed by atoms with Gasteiger partial charge in [-0.25, -0.2) is 0 Å². The molecule has 2 aromatic heterocycles. The highest BCUT2D eigenvalue weighted by molar-refractivity contribution is 6.26. The van der Waals surface area contributed by atoms with Crippen molar-refractivity contribution in [2.75, 3.05) is 4.90 Å². The molecule has 0 atom stereocenters. The number of rotatable bonds is 4. The van der Waals surface area contributed by atoms with E-state index in [1.807, 2.05) is 24.3 Å². The van der Waals surface area contributed by atoms with Crippen molar-refractivity contribution in [3.8, 4) is 22.3 Å². The average Bonchev–Trinajstić information content (AvgIpc) is 3.76. The summed E-state index contributed by atoms with van der Waals surface area (Å²) >= 11 is 0. The number of fused-ring (bicyclic) bond motifs is 10. The first-order valence-corrected chi connectivity index (χ1v) is 16.5. The van der Waals surface area contributed by atoms with Gasteiger partial charge >= 0.3 is 0 Å². The predicted octanol–water partition coefficient (Wildman–Crippen LogP) is 12.9. The topological polar surface area (TPSA) is 29.5 Å². The first-order chi connectivity index (χ1) is 23.5. The quantitative estimate of drug-likeness (QED) is 0.197. The second-order valence-corrected chi connectivity index (χ2v) is 13.3. The van der Waals surface area contributed by atoms with Crippen LogP contribution in [-0.4, -0.2) is 0 Å². The summed E-state index contributed by atoms with van der Waals surface area (Å²) in [5.41, 5.74) is 14.4. The van der Waals surface area contributed by atoms with E-state index in [0.717, 1.165) is 60.9 Å². The van der Waals surface area contributed by atoms with Crippen molar-refractivity contribution in [3.63, 3.8) is 0 Å². The number of hydrogen-bond acceptors (Lipinski definition) is 3. The van der Waals surface area contributed by atoms with Crippen molar-refractivity contribution in [2.24, 2.45) is 0 Å². The summed E-state index contributed by atoms with van der Waals surface area (Å²) in [6, 6.07) is 54.1. The van der Waals surface area contributed by atoms with Gasteiger partial charge in [0.15, 0.2) is 0 Å². The van der Waals surface area contributed by atoms with E-state index in [1.165, 1.54) is 33.4 Å². The van der Waals surface area contributed by atoms with Crippen LogP contribution in [-0.2, 0) is 5.41 Å². The average molecular weight is 618 g/mol. The van der Waals surface area contributed by atoms with Gasteiger partial charge in [-0.15, -0.1) is 0 Å². The number of nitrogens with zero attached hydrogens (tertiary/aromatic N) is 1. The lowest BCUT2D eigenvalue weighted by molar-refractivity contribution is 0.660. The predicted molar refractivity (Wildman–Crippen MR) is 199 cm³/mol. The highest BCUT2D eigenvalue weighted by Gasteiger charge is 2.35. The van der Waals surface area contributed by atoms with E-state index in [-0.39, 0.29) is 5.41 Å². The van der Waals surface area contributed by atoms with Gasteiger partial charge in [0.25, 0.3) is 0 Å². The summed E-state index contributed by atoms with van der Waals surface area (Å²) in [5.74, 6) is 0. The molecule has 1 aliphatic rings. The Labute approximate surface area is 278 Å². The molecule has 0 saturated heterocycles. The first kappa shape index (κ1) is 27.1. The number of furan rings is 2. The smallest absolute Gasteiger partial charge is 0.136 e. The molecule has 0 radical (unpaired) electrons. The van der Waals surface area contributed by atoms with Gasteiger partial charge in [-0.2, -0.15) is 0 Å². The maximum absolute atomic E-state index is 6.45. The second-order valence-electron chi connectivity index (χ2n) is 13.3. The van der Waals surface area contributed by atoms with Gasteiger partial charge in [0, 0.05) is 44.0 Å². The monoisotopic (exact) mass is 617 g/mol. The molecule has 10 rings (SSSR count). The molecule has 1 aliphatic carbocycles. The fourth-order valence-corrected chi connectivity index (χ4v) is 7.92. The molecule has 228 valence electrons. The lowest BCUT2D eigenvalue weighted by Gasteiger charge is -2.28. The summed E-state index contributed by atoms with van der Waals surface area (Å²) in [5, 5.41) is 4.34. The highest BCUT2D eigenvalue weighted by atomic mass is 16.3. The number of anilines is 3. The van der Waals surface area contributed by atoms with Crippen LogP contribution in [0.1, 0.15) is 25.0 Å². The minimum Gasteiger partial charge on any atom is -0.456 e. The Hall–Kier alpha value is -6.06. The van der Waals surface area contributed by atoms with Crippen molar-refractivity contribution < 1.29 is 8.83 Å². The molecule has 2 heterocycles. The van der Waals surface area contributed by atoms with Crippen LogP contribution in [0, 0.1) is 0 Å². The molecule has 9 aromatic rings. The van der Waals surface area contributed by atoms with Gasteiger partial charge in [0.1, 0.15) is 22.3 Å². The van der Waals surface area contributed by atoms with Crippen LogP contribution in [0.3, 0.4) is 0 Å². The van der Waals surface area contributed by atoms with E-state index in [4.69, 9.17) is 8.83 Å². The van der Waals surface area contributed by atoms with Gasteiger partial charge in [-0.05, 0) is 94.0 Å². The third-order valence-electron chi connectivity index (χ3n) is 10.3. The standard InChI is InChI=1S/C45H31NO2/c1-45(2)37-14-8-6-12-33(37)34-22-20-32(27-38(34)45)46(30-18-16-29(17-19-30)28-10-4-3-5-11-28)31-21-23-40-36(26-31)44-42(48-40)25-24-41-43(44)35-13-7-9-15-39(35)47-41/h3-27H,1-2H3. The summed E-state index contributed by atoms with van der Waals surface area (Å²) in [7, 11) is 0. The Morgan fingerprint density at radius 2 is 0.979 bits per heavy atom. The number of hydrogen-bond donors (Lipinski definition) is 0. The minimum absolute atomic E-state index is 0.108. The van der Waals surface area contributed by atoms with Gasteiger partial charge in [-0.1, -0.05) is 105 Å². The van der Waals surface area contributed by atoms with E-state index >= 15 is 0 Å². The van der Waals surface area contributed by atoms with E-state index in [2.05, 4.69) is 146 Å². The van der Waals surface area contributed by atoms with Crippen molar-refractivity contribution >= 4 is 60.9 Å². The molecular weight excluding hydrogens is 587 g/mol. The molecule has 7 aromatic carbocycles. The molecular formula is C45H31NO2. The van der Waals surface area contributed by atoms with Crippen molar-refractivity contribution in [1.82, 2.24) is 0 Å². The summed E-state index contributed by atoms with van der Waals surface area (Å²) < 4.78 is 12.7. The van der Waals surface area contributed by atoms with Crippen LogP contribution in [0.15, 0.2) is 160 Å². The van der Waals surface area contributed by atoms with Crippen LogP contribution >= 0.6 is 0 Å². The van der Waals surface area contributed by atoms with Gasteiger partial charge in [-0.3, -0.25) is 0 Å². The third-order valence-corrected chi connectivity index (χ3v) is 10.3. The number of para-hydroxylation sites is 1. The van der Waals surface area contributed by atoms with E-state index in [9.17, 15) is 0 Å². The van der Waals surface area contributed by atoms with Crippen LogP contribution in [0.25, 0.3) is 66.1 Å². The summed E-state index contributed by atoms with van der Waals surface area (Å²) in [4.78, 5) is 2.38. The molecule has 0 aliphatic heterocycles. The minimum atomic E-state index is -0.108. The normalized spacial score (nSPS) is 13.4. The van der Waals surface area contributed by atoms with Crippen LogP contribution in [0.5, 0.6) is 0 Å². The molecule has 0 amide bonds. The molecule has 0 unspecified atom stereocenters. The Balaban J connectivity index is 1.20. The Morgan fingerprint density at radius 3 is 1.79 bits per heavy atom. The molecule has 0 spiro atoms. The second kappa shape index (κ2) is 9.97. The van der Waals surface area contributed by atoms with Gasteiger partial charge < -0.3 is 13.7 Å².